The van der Waals surface area contributed by atoms with Crippen LogP contribution in [0.4, 0.5) is 0 Å². The number of hydrogen-bond acceptors (Lipinski definition) is 3. The highest BCUT2D eigenvalue weighted by Gasteiger charge is 2.14. The van der Waals surface area contributed by atoms with Gasteiger partial charge in [0.2, 0.25) is 0 Å². The van der Waals surface area contributed by atoms with Gasteiger partial charge >= 0.3 is 5.97 Å². The predicted octanol–water partition coefficient (Wildman–Crippen LogP) is 4.14. The molecule has 21 heavy (non-hydrogen) atoms. The van der Waals surface area contributed by atoms with Crippen LogP contribution in [-0.4, -0.2) is 11.1 Å². The van der Waals surface area contributed by atoms with Gasteiger partial charge < -0.3 is 9.84 Å². The molecule has 0 aliphatic heterocycles. The quantitative estimate of drug-likeness (QED) is 0.918. The predicted molar refractivity (Wildman–Crippen MR) is 78.9 cm³/mol. The Morgan fingerprint density at radius 3 is 2.67 bits per heavy atom. The first-order chi connectivity index (χ1) is 10.0. The molecule has 0 fully saturated rings. The minimum Gasteiger partial charge on any atom is -0.487 e. The van der Waals surface area contributed by atoms with Crippen molar-refractivity contribution in [2.75, 3.05) is 0 Å². The summed E-state index contributed by atoms with van der Waals surface area (Å²) in [5.74, 6) is -0.747. The van der Waals surface area contributed by atoms with Crippen molar-refractivity contribution in [3.8, 4) is 11.8 Å². The Labute approximate surface area is 131 Å². The fourth-order valence-corrected chi connectivity index (χ4v) is 2.24. The van der Waals surface area contributed by atoms with Gasteiger partial charge in [-0.3, -0.25) is 0 Å². The van der Waals surface area contributed by atoms with Gasteiger partial charge in [0.15, 0.2) is 0 Å². The van der Waals surface area contributed by atoms with Gasteiger partial charge in [0.1, 0.15) is 18.4 Å². The van der Waals surface area contributed by atoms with Crippen molar-refractivity contribution >= 4 is 29.2 Å². The number of aromatic carboxylic acids is 1. The molecule has 2 rings (SSSR count). The summed E-state index contributed by atoms with van der Waals surface area (Å²) in [6, 6.07) is 11.2. The van der Waals surface area contributed by atoms with Crippen LogP contribution in [0, 0.1) is 11.3 Å². The van der Waals surface area contributed by atoms with E-state index in [0.717, 1.165) is 0 Å². The van der Waals surface area contributed by atoms with Crippen molar-refractivity contribution in [1.29, 1.82) is 5.26 Å². The number of hydrogen-bond donors (Lipinski definition) is 1. The van der Waals surface area contributed by atoms with Gasteiger partial charge in [-0.05, 0) is 24.3 Å². The highest BCUT2D eigenvalue weighted by molar-refractivity contribution is 6.35. The smallest absolute Gasteiger partial charge is 0.337 e. The molecule has 6 heteroatoms. The van der Waals surface area contributed by atoms with Gasteiger partial charge in [-0.25, -0.2) is 4.79 Å². The summed E-state index contributed by atoms with van der Waals surface area (Å²) in [5.41, 5.74) is 0.499. The van der Waals surface area contributed by atoms with Gasteiger partial charge in [0, 0.05) is 10.6 Å². The Balaban J connectivity index is 2.26. The lowest BCUT2D eigenvalue weighted by Gasteiger charge is -2.10. The fraction of sp³-hybridized carbons (Fsp3) is 0.0667. The number of nitriles is 1. The third-order valence-corrected chi connectivity index (χ3v) is 3.30. The van der Waals surface area contributed by atoms with Gasteiger partial charge in [-0.15, -0.1) is 0 Å². The molecule has 0 unspecified atom stereocenters. The third-order valence-electron chi connectivity index (χ3n) is 2.77. The average Bonchev–Trinajstić information content (AvgIpc) is 2.45. The topological polar surface area (TPSA) is 70.3 Å². The van der Waals surface area contributed by atoms with E-state index in [1.807, 2.05) is 6.07 Å². The molecule has 0 aliphatic rings. The van der Waals surface area contributed by atoms with Gasteiger partial charge in [0.25, 0.3) is 0 Å². The van der Waals surface area contributed by atoms with Crippen LogP contribution in [-0.2, 0) is 6.61 Å². The second-order valence-electron chi connectivity index (χ2n) is 4.12. The fourth-order valence-electron chi connectivity index (χ4n) is 1.78. The maximum atomic E-state index is 11.1. The minimum absolute atomic E-state index is 0.0331. The Bertz CT molecular complexity index is 738. The molecule has 106 valence electrons. The number of rotatable bonds is 4. The summed E-state index contributed by atoms with van der Waals surface area (Å²) in [7, 11) is 0. The van der Waals surface area contributed by atoms with Crippen LogP contribution in [0.25, 0.3) is 0 Å². The summed E-state index contributed by atoms with van der Waals surface area (Å²) >= 11 is 11.8. The van der Waals surface area contributed by atoms with E-state index in [-0.39, 0.29) is 17.7 Å². The molecule has 0 aliphatic carbocycles. The zero-order valence-electron chi connectivity index (χ0n) is 10.6. The number of carboxylic acid groups (broad SMARTS) is 1. The second kappa shape index (κ2) is 6.49. The molecule has 0 atom stereocenters. The number of benzene rings is 2. The summed E-state index contributed by atoms with van der Waals surface area (Å²) < 4.78 is 5.52. The molecule has 0 spiro atoms. The zero-order chi connectivity index (χ0) is 15.4. The highest BCUT2D eigenvalue weighted by Crippen LogP contribution is 2.28. The number of halogens is 2. The van der Waals surface area contributed by atoms with E-state index in [1.165, 1.54) is 12.1 Å². The van der Waals surface area contributed by atoms with Crippen LogP contribution in [0.5, 0.6) is 5.75 Å². The van der Waals surface area contributed by atoms with Crippen molar-refractivity contribution in [2.24, 2.45) is 0 Å². The maximum Gasteiger partial charge on any atom is 0.337 e. The van der Waals surface area contributed by atoms with Crippen LogP contribution in [0.2, 0.25) is 10.0 Å². The third kappa shape index (κ3) is 3.46. The van der Waals surface area contributed by atoms with Crippen molar-refractivity contribution in [1.82, 2.24) is 0 Å². The lowest BCUT2D eigenvalue weighted by Crippen LogP contribution is -2.05. The Hall–Kier alpha value is -2.22. The van der Waals surface area contributed by atoms with E-state index in [0.29, 0.717) is 21.4 Å². The standard InChI is InChI=1S/C15H9Cl2NO3/c16-10-4-5-14(13(17)6-10)21-8-9-2-1-3-11(15(19)20)12(9)7-18/h1-6H,8H2,(H,19,20). The van der Waals surface area contributed by atoms with Crippen LogP contribution in [0.3, 0.4) is 0 Å². The number of carbonyl (C=O) groups is 1. The number of carboxylic acids is 1. The molecular weight excluding hydrogens is 313 g/mol. The normalized spacial score (nSPS) is 9.95. The van der Waals surface area contributed by atoms with E-state index in [1.54, 1.807) is 24.3 Å². The van der Waals surface area contributed by atoms with E-state index in [2.05, 4.69) is 0 Å². The molecule has 0 saturated heterocycles. The Kier molecular flexibility index (Phi) is 4.69. The summed E-state index contributed by atoms with van der Waals surface area (Å²) in [6.45, 7) is 0.0331. The summed E-state index contributed by atoms with van der Waals surface area (Å²) in [5, 5.41) is 19.0. The molecule has 0 aromatic heterocycles. The van der Waals surface area contributed by atoms with Crippen LogP contribution in [0.1, 0.15) is 21.5 Å². The first-order valence-electron chi connectivity index (χ1n) is 5.86. The van der Waals surface area contributed by atoms with Crippen molar-refractivity contribution in [2.45, 2.75) is 6.61 Å². The van der Waals surface area contributed by atoms with E-state index >= 15 is 0 Å². The summed E-state index contributed by atoms with van der Waals surface area (Å²) in [6.07, 6.45) is 0. The van der Waals surface area contributed by atoms with Crippen LogP contribution in [0.15, 0.2) is 36.4 Å². The molecule has 0 saturated carbocycles. The molecule has 0 amide bonds. The summed E-state index contributed by atoms with van der Waals surface area (Å²) in [4.78, 5) is 11.1. The lowest BCUT2D eigenvalue weighted by atomic mass is 10.0. The lowest BCUT2D eigenvalue weighted by molar-refractivity contribution is 0.0696. The number of nitrogens with zero attached hydrogens (tertiary/aromatic N) is 1. The SMILES string of the molecule is N#Cc1c(COc2ccc(Cl)cc2Cl)cccc1C(=O)O. The molecule has 2 aromatic carbocycles. The minimum atomic E-state index is -1.15. The molecule has 0 heterocycles. The molecule has 2 aromatic rings. The maximum absolute atomic E-state index is 11.1. The van der Waals surface area contributed by atoms with Crippen LogP contribution >= 0.6 is 23.2 Å². The van der Waals surface area contributed by atoms with E-state index in [4.69, 9.17) is 38.3 Å². The number of ether oxygens (including phenoxy) is 1. The highest BCUT2D eigenvalue weighted by atomic mass is 35.5. The molecule has 1 N–H and O–H groups in total. The molecule has 0 radical (unpaired) electrons. The first kappa shape index (κ1) is 15.2. The molecule has 0 bridgehead atoms. The average molecular weight is 322 g/mol. The van der Waals surface area contributed by atoms with Crippen molar-refractivity contribution in [3.63, 3.8) is 0 Å². The Morgan fingerprint density at radius 2 is 2.05 bits per heavy atom. The Morgan fingerprint density at radius 1 is 1.29 bits per heavy atom. The first-order valence-corrected chi connectivity index (χ1v) is 6.61. The zero-order valence-corrected chi connectivity index (χ0v) is 12.1. The van der Waals surface area contributed by atoms with Gasteiger partial charge in [-0.2, -0.15) is 5.26 Å². The monoisotopic (exact) mass is 321 g/mol. The molecular formula is C15H9Cl2NO3. The van der Waals surface area contributed by atoms with Crippen LogP contribution < -0.4 is 4.74 Å². The largest absolute Gasteiger partial charge is 0.487 e. The van der Waals surface area contributed by atoms with Gasteiger partial charge in [0.05, 0.1) is 16.1 Å². The van der Waals surface area contributed by atoms with E-state index in [9.17, 15) is 4.79 Å². The van der Waals surface area contributed by atoms with Crippen molar-refractivity contribution < 1.29 is 14.6 Å². The van der Waals surface area contributed by atoms with Crippen molar-refractivity contribution in [3.05, 3.63) is 63.1 Å². The molecule has 4 nitrogen and oxygen atoms in total. The van der Waals surface area contributed by atoms with E-state index < -0.39 is 5.97 Å². The van der Waals surface area contributed by atoms with Gasteiger partial charge in [-0.1, -0.05) is 35.3 Å². The second-order valence-corrected chi connectivity index (χ2v) is 4.96.